The molecule has 0 aromatic heterocycles. The fourth-order valence-electron chi connectivity index (χ4n) is 4.12. The molecule has 0 radical (unpaired) electrons. The summed E-state index contributed by atoms with van der Waals surface area (Å²) in [5.41, 5.74) is 2.06. The molecule has 1 fully saturated rings. The van der Waals surface area contributed by atoms with Gasteiger partial charge in [-0.05, 0) is 54.7 Å². The van der Waals surface area contributed by atoms with Gasteiger partial charge >= 0.3 is 0 Å². The second-order valence-corrected chi connectivity index (χ2v) is 9.00. The first-order valence-corrected chi connectivity index (χ1v) is 11.2. The van der Waals surface area contributed by atoms with E-state index in [4.69, 9.17) is 23.2 Å². The number of likely N-dealkylation sites (N-methyl/N-ethyl adjacent to an activating group) is 1. The SMILES string of the molecule is CN1C=C(C(=O)N2CCC(c3ccc(F)cc3)CC2)C(Nc2ccc(Cl)cc2F)=C(Cl)C1. The van der Waals surface area contributed by atoms with E-state index < -0.39 is 5.82 Å². The Hall–Kier alpha value is -2.57. The molecule has 32 heavy (non-hydrogen) atoms. The van der Waals surface area contributed by atoms with Crippen LogP contribution in [0.3, 0.4) is 0 Å². The maximum atomic E-state index is 14.4. The second kappa shape index (κ2) is 9.51. The van der Waals surface area contributed by atoms with Crippen molar-refractivity contribution in [1.82, 2.24) is 9.80 Å². The smallest absolute Gasteiger partial charge is 0.257 e. The molecule has 0 saturated carbocycles. The van der Waals surface area contributed by atoms with Crippen molar-refractivity contribution < 1.29 is 13.6 Å². The lowest BCUT2D eigenvalue weighted by atomic mass is 9.89. The number of carbonyl (C=O) groups excluding carboxylic acids is 1. The summed E-state index contributed by atoms with van der Waals surface area (Å²) < 4.78 is 27.6. The Morgan fingerprint density at radius 2 is 1.75 bits per heavy atom. The highest BCUT2D eigenvalue weighted by molar-refractivity contribution is 6.31. The van der Waals surface area contributed by atoms with Gasteiger partial charge in [-0.1, -0.05) is 35.3 Å². The second-order valence-electron chi connectivity index (χ2n) is 8.10. The van der Waals surface area contributed by atoms with E-state index in [0.717, 1.165) is 18.4 Å². The Morgan fingerprint density at radius 1 is 1.06 bits per heavy atom. The lowest BCUT2D eigenvalue weighted by molar-refractivity contribution is -0.128. The fourth-order valence-corrected chi connectivity index (χ4v) is 4.62. The Labute approximate surface area is 196 Å². The predicted octanol–water partition coefficient (Wildman–Crippen LogP) is 5.72. The van der Waals surface area contributed by atoms with Crippen molar-refractivity contribution in [2.75, 3.05) is 32.0 Å². The number of hydrogen-bond donors (Lipinski definition) is 1. The van der Waals surface area contributed by atoms with Crippen molar-refractivity contribution in [3.63, 3.8) is 0 Å². The zero-order valence-electron chi connectivity index (χ0n) is 17.5. The van der Waals surface area contributed by atoms with Crippen LogP contribution >= 0.6 is 23.2 Å². The van der Waals surface area contributed by atoms with E-state index in [0.29, 0.717) is 35.9 Å². The van der Waals surface area contributed by atoms with Crippen LogP contribution in [0.2, 0.25) is 5.02 Å². The van der Waals surface area contributed by atoms with Crippen molar-refractivity contribution in [3.8, 4) is 0 Å². The van der Waals surface area contributed by atoms with Crippen molar-refractivity contribution in [3.05, 3.63) is 87.2 Å². The molecule has 2 aliphatic rings. The minimum absolute atomic E-state index is 0.163. The molecule has 1 amide bonds. The Kier molecular flexibility index (Phi) is 6.72. The number of nitrogens with one attached hydrogen (secondary N) is 1. The molecular formula is C24H23Cl2F2N3O. The summed E-state index contributed by atoms with van der Waals surface area (Å²) in [7, 11) is 1.83. The van der Waals surface area contributed by atoms with Crippen LogP contribution in [0, 0.1) is 11.6 Å². The van der Waals surface area contributed by atoms with Crippen LogP contribution in [-0.2, 0) is 4.79 Å². The summed E-state index contributed by atoms with van der Waals surface area (Å²) in [6.07, 6.45) is 3.30. The summed E-state index contributed by atoms with van der Waals surface area (Å²) in [4.78, 5) is 17.0. The van der Waals surface area contributed by atoms with E-state index in [1.54, 1.807) is 29.3 Å². The van der Waals surface area contributed by atoms with E-state index in [1.807, 2.05) is 11.9 Å². The van der Waals surface area contributed by atoms with Gasteiger partial charge in [0.05, 0.1) is 28.5 Å². The van der Waals surface area contributed by atoms with E-state index in [1.165, 1.54) is 24.3 Å². The van der Waals surface area contributed by atoms with Gasteiger partial charge in [-0.3, -0.25) is 4.79 Å². The van der Waals surface area contributed by atoms with Crippen LogP contribution in [0.1, 0.15) is 24.3 Å². The summed E-state index contributed by atoms with van der Waals surface area (Å²) in [5.74, 6) is -0.664. The average Bonchev–Trinajstić information content (AvgIpc) is 2.77. The zero-order valence-corrected chi connectivity index (χ0v) is 19.1. The van der Waals surface area contributed by atoms with Crippen LogP contribution in [0.25, 0.3) is 0 Å². The van der Waals surface area contributed by atoms with Gasteiger partial charge in [0.15, 0.2) is 0 Å². The fraction of sp³-hybridized carbons (Fsp3) is 0.292. The molecule has 2 heterocycles. The maximum Gasteiger partial charge on any atom is 0.257 e. The molecule has 0 aliphatic carbocycles. The number of piperidine rings is 1. The highest BCUT2D eigenvalue weighted by Gasteiger charge is 2.30. The molecule has 2 aliphatic heterocycles. The summed E-state index contributed by atoms with van der Waals surface area (Å²) in [6.45, 7) is 1.55. The molecule has 4 rings (SSSR count). The molecule has 1 saturated heterocycles. The number of carbonyl (C=O) groups is 1. The molecule has 0 bridgehead atoms. The van der Waals surface area contributed by atoms with E-state index in [2.05, 4.69) is 5.32 Å². The van der Waals surface area contributed by atoms with Gasteiger partial charge < -0.3 is 15.1 Å². The lowest BCUT2D eigenvalue weighted by Crippen LogP contribution is -2.41. The molecule has 0 spiro atoms. The number of hydrogen-bond acceptors (Lipinski definition) is 3. The predicted molar refractivity (Wildman–Crippen MR) is 124 cm³/mol. The van der Waals surface area contributed by atoms with Gasteiger partial charge in [-0.2, -0.15) is 0 Å². The first kappa shape index (κ1) is 22.6. The molecule has 2 aromatic carbocycles. The molecule has 8 heteroatoms. The van der Waals surface area contributed by atoms with Crippen LogP contribution in [0.4, 0.5) is 14.5 Å². The Balaban J connectivity index is 1.50. The lowest BCUT2D eigenvalue weighted by Gasteiger charge is -2.34. The molecule has 168 valence electrons. The van der Waals surface area contributed by atoms with Crippen LogP contribution in [-0.4, -0.2) is 42.4 Å². The van der Waals surface area contributed by atoms with Gasteiger partial charge in [0.1, 0.15) is 11.6 Å². The number of likely N-dealkylation sites (tertiary alicyclic amines) is 1. The molecular weight excluding hydrogens is 455 g/mol. The number of benzene rings is 2. The number of rotatable bonds is 4. The number of halogens is 4. The molecule has 1 N–H and O–H groups in total. The van der Waals surface area contributed by atoms with E-state index >= 15 is 0 Å². The van der Waals surface area contributed by atoms with Gasteiger partial charge in [-0.25, -0.2) is 8.78 Å². The highest BCUT2D eigenvalue weighted by Crippen LogP contribution is 2.32. The topological polar surface area (TPSA) is 35.6 Å². The third-order valence-corrected chi connectivity index (χ3v) is 6.37. The van der Waals surface area contributed by atoms with E-state index in [9.17, 15) is 13.6 Å². The third kappa shape index (κ3) is 4.92. The van der Waals surface area contributed by atoms with Crippen molar-refractivity contribution in [2.24, 2.45) is 0 Å². The van der Waals surface area contributed by atoms with Crippen molar-refractivity contribution in [2.45, 2.75) is 18.8 Å². The van der Waals surface area contributed by atoms with Gasteiger partial charge in [0.2, 0.25) is 0 Å². The molecule has 0 unspecified atom stereocenters. The standard InChI is InChI=1S/C24H23Cl2F2N3O/c1-30-13-19(23(20(26)14-30)29-22-7-4-17(25)12-21(22)28)24(32)31-10-8-16(9-11-31)15-2-5-18(27)6-3-15/h2-7,12-13,16,29H,8-11,14H2,1H3. The first-order chi connectivity index (χ1) is 15.3. The van der Waals surface area contributed by atoms with Crippen LogP contribution in [0.15, 0.2) is 65.0 Å². The molecule has 4 nitrogen and oxygen atoms in total. The third-order valence-electron chi connectivity index (χ3n) is 5.82. The average molecular weight is 478 g/mol. The molecule has 2 aromatic rings. The van der Waals surface area contributed by atoms with Gasteiger partial charge in [-0.15, -0.1) is 0 Å². The van der Waals surface area contributed by atoms with Crippen LogP contribution in [0.5, 0.6) is 0 Å². The summed E-state index contributed by atoms with van der Waals surface area (Å²) >= 11 is 12.3. The molecule has 0 atom stereocenters. The summed E-state index contributed by atoms with van der Waals surface area (Å²) in [5, 5.41) is 3.70. The number of amides is 1. The Bertz CT molecular complexity index is 1080. The first-order valence-electron chi connectivity index (χ1n) is 10.4. The van der Waals surface area contributed by atoms with Crippen LogP contribution < -0.4 is 5.32 Å². The summed E-state index contributed by atoms with van der Waals surface area (Å²) in [6, 6.07) is 10.8. The number of anilines is 1. The zero-order chi connectivity index (χ0) is 22.8. The normalized spacial score (nSPS) is 17.5. The monoisotopic (exact) mass is 477 g/mol. The maximum absolute atomic E-state index is 14.4. The minimum Gasteiger partial charge on any atom is -0.374 e. The highest BCUT2D eigenvalue weighted by atomic mass is 35.5. The number of nitrogens with zero attached hydrogens (tertiary/aromatic N) is 2. The van der Waals surface area contributed by atoms with E-state index in [-0.39, 0.29) is 28.4 Å². The largest absolute Gasteiger partial charge is 0.374 e. The van der Waals surface area contributed by atoms with Crippen molar-refractivity contribution in [1.29, 1.82) is 0 Å². The Morgan fingerprint density at radius 3 is 2.41 bits per heavy atom. The van der Waals surface area contributed by atoms with Gasteiger partial charge in [0.25, 0.3) is 5.91 Å². The van der Waals surface area contributed by atoms with Crippen molar-refractivity contribution >= 4 is 34.8 Å². The van der Waals surface area contributed by atoms with Gasteiger partial charge in [0, 0.05) is 31.4 Å². The minimum atomic E-state index is -0.527. The quantitative estimate of drug-likeness (QED) is 0.611.